The maximum atomic E-state index is 14.9. The van der Waals surface area contributed by atoms with E-state index in [4.69, 9.17) is 18.6 Å². The molecule has 1 N–H and O–H groups in total. The molecule has 0 radical (unpaired) electrons. The van der Waals surface area contributed by atoms with Crippen LogP contribution >= 0.6 is 0 Å². The largest absolute Gasteiger partial charge is 0.483 e. The topological polar surface area (TPSA) is 112 Å². The molecule has 3 aliphatic heterocycles. The normalized spacial score (nSPS) is 20.0. The van der Waals surface area contributed by atoms with E-state index in [2.05, 4.69) is 84.9 Å². The molecule has 342 valence electrons. The van der Waals surface area contributed by atoms with Crippen LogP contribution in [0.15, 0.2) is 142 Å². The molecule has 8 nitrogen and oxygen atoms in total. The number of ether oxygens (including phenoxy) is 3. The van der Waals surface area contributed by atoms with E-state index in [1.54, 1.807) is 12.1 Å². The van der Waals surface area contributed by atoms with Crippen LogP contribution in [-0.2, 0) is 57.8 Å². The number of benzene rings is 5. The molecule has 4 unspecified atom stereocenters. The molecule has 0 aliphatic carbocycles. The molecule has 0 saturated carbocycles. The summed E-state index contributed by atoms with van der Waals surface area (Å²) in [5, 5.41) is 11.3. The van der Waals surface area contributed by atoms with Gasteiger partial charge in [0, 0.05) is 22.9 Å². The lowest BCUT2D eigenvalue weighted by atomic mass is 9.81. The standard InChI is InChI=1S/C58H62O8/c1-37(2)46-28-27-40-21-23-43(24-22-40)34-45(26-25-42-18-12-19-44(33-42)32-41-16-10-7-11-17-41)35-50(60)63-54-52-49(30-29-47-48(36-59)51(38(3)4)57(62)64-53(47)52)66-58(5,55(54)65-56(46)61)31-13-20-39-14-8-6-9-15-39/h6-12,14-19,21-24,29-30,33,38,45,54-55,59H,13,20,25-28,31-32,34-36H2,1-5H3. The van der Waals surface area contributed by atoms with Gasteiger partial charge < -0.3 is 23.7 Å². The molecule has 6 aromatic rings. The van der Waals surface area contributed by atoms with Crippen molar-refractivity contribution in [3.8, 4) is 5.75 Å². The molecule has 9 rings (SSSR count). The molecule has 4 heterocycles. The van der Waals surface area contributed by atoms with Gasteiger partial charge in [-0.15, -0.1) is 0 Å². The van der Waals surface area contributed by atoms with Crippen molar-refractivity contribution in [3.05, 3.63) is 193 Å². The smallest absolute Gasteiger partial charge is 0.340 e. The number of hydrogen-bond donors (Lipinski definition) is 1. The highest BCUT2D eigenvalue weighted by molar-refractivity contribution is 5.90. The maximum absolute atomic E-state index is 14.9. The highest BCUT2D eigenvalue weighted by atomic mass is 16.6. The van der Waals surface area contributed by atoms with Gasteiger partial charge in [-0.1, -0.05) is 129 Å². The summed E-state index contributed by atoms with van der Waals surface area (Å²) in [6.45, 7) is 9.09. The van der Waals surface area contributed by atoms with E-state index in [0.29, 0.717) is 65.5 Å². The number of esters is 2. The van der Waals surface area contributed by atoms with Gasteiger partial charge in [0.2, 0.25) is 0 Å². The molecule has 0 fully saturated rings. The van der Waals surface area contributed by atoms with Gasteiger partial charge in [0.05, 0.1) is 12.2 Å². The lowest BCUT2D eigenvalue weighted by Gasteiger charge is -2.45. The third-order valence-corrected chi connectivity index (χ3v) is 13.5. The highest BCUT2D eigenvalue weighted by Gasteiger charge is 2.53. The van der Waals surface area contributed by atoms with Crippen molar-refractivity contribution in [2.45, 2.75) is 129 Å². The Kier molecular flexibility index (Phi) is 14.4. The zero-order chi connectivity index (χ0) is 46.4. The predicted molar refractivity (Wildman–Crippen MR) is 259 cm³/mol. The lowest BCUT2D eigenvalue weighted by molar-refractivity contribution is -0.192. The fourth-order valence-electron chi connectivity index (χ4n) is 10.0. The number of fused-ring (bicyclic) bond motifs is 13. The van der Waals surface area contributed by atoms with Gasteiger partial charge >= 0.3 is 17.6 Å². The molecule has 2 bridgehead atoms. The summed E-state index contributed by atoms with van der Waals surface area (Å²) in [6, 6.07) is 41.4. The van der Waals surface area contributed by atoms with Crippen LogP contribution in [0.4, 0.5) is 0 Å². The fourth-order valence-corrected chi connectivity index (χ4v) is 10.0. The summed E-state index contributed by atoms with van der Waals surface area (Å²) >= 11 is 0. The summed E-state index contributed by atoms with van der Waals surface area (Å²) in [5.41, 5.74) is 7.92. The molecule has 8 heteroatoms. The first-order chi connectivity index (χ1) is 31.9. The van der Waals surface area contributed by atoms with Gasteiger partial charge in [-0.2, -0.15) is 0 Å². The minimum atomic E-state index is -1.21. The summed E-state index contributed by atoms with van der Waals surface area (Å²) in [7, 11) is 0. The number of aryl methyl sites for hydroxylation is 3. The van der Waals surface area contributed by atoms with Crippen molar-refractivity contribution in [2.75, 3.05) is 0 Å². The Morgan fingerprint density at radius 2 is 1.42 bits per heavy atom. The van der Waals surface area contributed by atoms with Gasteiger partial charge in [-0.3, -0.25) is 4.79 Å². The monoisotopic (exact) mass is 886 g/mol. The van der Waals surface area contributed by atoms with Crippen LogP contribution in [0.1, 0.15) is 129 Å². The molecular weight excluding hydrogens is 825 g/mol. The Hall–Kier alpha value is -6.25. The Morgan fingerprint density at radius 1 is 0.742 bits per heavy atom. The third kappa shape index (κ3) is 10.6. The molecule has 3 aliphatic rings. The summed E-state index contributed by atoms with van der Waals surface area (Å²) in [5.74, 6) is -0.941. The number of hydrogen-bond acceptors (Lipinski definition) is 8. The van der Waals surface area contributed by atoms with Gasteiger partial charge in [0.1, 0.15) is 16.9 Å². The van der Waals surface area contributed by atoms with E-state index in [-0.39, 0.29) is 23.8 Å². The second kappa shape index (κ2) is 20.5. The molecule has 5 aromatic carbocycles. The van der Waals surface area contributed by atoms with E-state index in [9.17, 15) is 19.5 Å². The Morgan fingerprint density at radius 3 is 2.12 bits per heavy atom. The first kappa shape index (κ1) is 46.3. The van der Waals surface area contributed by atoms with Crippen LogP contribution < -0.4 is 10.4 Å². The molecule has 1 aromatic heterocycles. The molecule has 0 spiro atoms. The van der Waals surface area contributed by atoms with Crippen LogP contribution in [0.5, 0.6) is 5.75 Å². The number of aliphatic hydroxyl groups is 1. The number of allylic oxidation sites excluding steroid dienone is 1. The summed E-state index contributed by atoms with van der Waals surface area (Å²) in [6.07, 6.45) is 3.69. The minimum absolute atomic E-state index is 0.0936. The zero-order valence-corrected chi connectivity index (χ0v) is 38.9. The summed E-state index contributed by atoms with van der Waals surface area (Å²) < 4.78 is 26.6. The van der Waals surface area contributed by atoms with Crippen LogP contribution in [0.25, 0.3) is 11.0 Å². The van der Waals surface area contributed by atoms with Crippen molar-refractivity contribution in [1.29, 1.82) is 0 Å². The van der Waals surface area contributed by atoms with Crippen molar-refractivity contribution in [1.82, 2.24) is 0 Å². The average Bonchev–Trinajstić information content (AvgIpc) is 3.29. The van der Waals surface area contributed by atoms with Gasteiger partial charge in [0.25, 0.3) is 0 Å². The van der Waals surface area contributed by atoms with Crippen molar-refractivity contribution < 1.29 is 33.3 Å². The van der Waals surface area contributed by atoms with Crippen LogP contribution in [0.2, 0.25) is 0 Å². The van der Waals surface area contributed by atoms with E-state index in [1.807, 2.05) is 58.9 Å². The Balaban J connectivity index is 1.21. The zero-order valence-electron chi connectivity index (χ0n) is 38.9. The third-order valence-electron chi connectivity index (χ3n) is 13.5. The predicted octanol–water partition coefficient (Wildman–Crippen LogP) is 11.8. The molecule has 0 saturated heterocycles. The number of carbonyl (C=O) groups is 2. The van der Waals surface area contributed by atoms with Gasteiger partial charge in [-0.25, -0.2) is 9.59 Å². The SMILES string of the molecule is CC(C)=C1CCc2ccc(cc2)CC(CCc2cccc(Cc3ccccc3)c2)CC(=O)OC2c3c(ccc4c(CO)c(C(C)C)c(=O)oc34)OC(C)(CCCc3ccccc3)C2OC1=O. The Bertz CT molecular complexity index is 2750. The van der Waals surface area contributed by atoms with Crippen molar-refractivity contribution >= 4 is 22.9 Å². The minimum Gasteiger partial charge on any atom is -0.483 e. The molecular formula is C58H62O8. The fraction of sp³-hybridized carbons (Fsp3) is 0.362. The molecule has 4 atom stereocenters. The molecule has 0 amide bonds. The van der Waals surface area contributed by atoms with Crippen molar-refractivity contribution in [2.24, 2.45) is 5.92 Å². The second-order valence-electron chi connectivity index (χ2n) is 19.0. The maximum Gasteiger partial charge on any atom is 0.340 e. The van der Waals surface area contributed by atoms with Crippen molar-refractivity contribution in [3.63, 3.8) is 0 Å². The lowest BCUT2D eigenvalue weighted by Crippen LogP contribution is -2.54. The van der Waals surface area contributed by atoms with Crippen LogP contribution in [0, 0.1) is 5.92 Å². The number of rotatable bonds is 11. The van der Waals surface area contributed by atoms with Crippen LogP contribution in [0.3, 0.4) is 0 Å². The van der Waals surface area contributed by atoms with Gasteiger partial charge in [-0.05, 0) is 141 Å². The van der Waals surface area contributed by atoms with Gasteiger partial charge in [0.15, 0.2) is 12.2 Å². The summed E-state index contributed by atoms with van der Waals surface area (Å²) in [4.78, 5) is 43.4. The van der Waals surface area contributed by atoms with Crippen LogP contribution in [-0.4, -0.2) is 28.8 Å². The second-order valence-corrected chi connectivity index (χ2v) is 19.0. The Labute approximate surface area is 388 Å². The average molecular weight is 887 g/mol. The first-order valence-corrected chi connectivity index (χ1v) is 23.6. The first-order valence-electron chi connectivity index (χ1n) is 23.6. The number of aliphatic hydroxyl groups excluding tert-OH is 1. The van der Waals surface area contributed by atoms with E-state index in [0.717, 1.165) is 47.9 Å². The molecule has 66 heavy (non-hydrogen) atoms. The quantitative estimate of drug-likeness (QED) is 0.0778. The van der Waals surface area contributed by atoms with E-state index in [1.165, 1.54) is 16.7 Å². The number of carbonyl (C=O) groups excluding carboxylic acids is 2. The van der Waals surface area contributed by atoms with E-state index < -0.39 is 42.0 Å². The highest BCUT2D eigenvalue weighted by Crippen LogP contribution is 2.49. The van der Waals surface area contributed by atoms with E-state index >= 15 is 0 Å².